The molecule has 0 saturated carbocycles. The second-order valence-corrected chi connectivity index (χ2v) is 7.06. The molecule has 0 unspecified atom stereocenters. The van der Waals surface area contributed by atoms with Crippen molar-refractivity contribution >= 4 is 23.5 Å². The molecule has 120 valence electrons. The Morgan fingerprint density at radius 2 is 1.57 bits per heavy atom. The smallest absolute Gasteiger partial charge is 0.228 e. The zero-order valence-corrected chi connectivity index (χ0v) is 14.0. The summed E-state index contributed by atoms with van der Waals surface area (Å²) in [5.74, 6) is 1.95. The van der Waals surface area contributed by atoms with Gasteiger partial charge in [0.25, 0.3) is 0 Å². The van der Waals surface area contributed by atoms with E-state index in [0.29, 0.717) is 0 Å². The Morgan fingerprint density at radius 1 is 0.826 bits per heavy atom. The number of hydrogen-bond donors (Lipinski definition) is 0. The highest BCUT2D eigenvalue weighted by atomic mass is 32.2. The molecule has 2 aromatic rings. The third-order valence-electron chi connectivity index (χ3n) is 4.34. The molecule has 2 fully saturated rings. The van der Waals surface area contributed by atoms with E-state index < -0.39 is 0 Å². The lowest BCUT2D eigenvalue weighted by atomic mass is 10.4. The maximum Gasteiger partial charge on any atom is 0.228 e. The molecular formula is C17H21N5S. The van der Waals surface area contributed by atoms with Crippen molar-refractivity contribution in [2.75, 3.05) is 36.0 Å². The number of hydrogen-bond acceptors (Lipinski definition) is 6. The first-order valence-corrected chi connectivity index (χ1v) is 9.18. The summed E-state index contributed by atoms with van der Waals surface area (Å²) in [6, 6.07) is 8.09. The summed E-state index contributed by atoms with van der Waals surface area (Å²) in [6.07, 6.45) is 6.81. The molecule has 6 heteroatoms. The maximum absolute atomic E-state index is 4.85. The summed E-state index contributed by atoms with van der Waals surface area (Å²) in [5, 5.41) is 1.97. The standard InChI is InChI=1S/C17H21N5S/c1-2-8-18-15(7-1)23-16-13-14(21-9-3-4-10-21)19-17(20-16)22-11-5-6-12-22/h1-2,7-8,13H,3-6,9-12H2. The monoisotopic (exact) mass is 327 g/mol. The average molecular weight is 327 g/mol. The van der Waals surface area contributed by atoms with E-state index in [4.69, 9.17) is 9.97 Å². The van der Waals surface area contributed by atoms with Gasteiger partial charge in [0.1, 0.15) is 15.9 Å². The van der Waals surface area contributed by atoms with Crippen LogP contribution in [0.3, 0.4) is 0 Å². The minimum atomic E-state index is 0.880. The lowest BCUT2D eigenvalue weighted by Crippen LogP contribution is -2.24. The van der Waals surface area contributed by atoms with Gasteiger partial charge in [-0.2, -0.15) is 4.98 Å². The summed E-state index contributed by atoms with van der Waals surface area (Å²) in [6.45, 7) is 4.34. The highest BCUT2D eigenvalue weighted by Gasteiger charge is 2.20. The summed E-state index contributed by atoms with van der Waals surface area (Å²) in [4.78, 5) is 18.7. The van der Waals surface area contributed by atoms with E-state index in [1.165, 1.54) is 25.7 Å². The zero-order chi connectivity index (χ0) is 15.5. The van der Waals surface area contributed by atoms with Crippen LogP contribution >= 0.6 is 11.8 Å². The SMILES string of the molecule is c1ccc(Sc2cc(N3CCCC3)nc(N3CCCC3)n2)nc1. The van der Waals surface area contributed by atoms with Crippen LogP contribution in [0.1, 0.15) is 25.7 Å². The van der Waals surface area contributed by atoms with Crippen LogP contribution in [0.4, 0.5) is 11.8 Å². The summed E-state index contributed by atoms with van der Waals surface area (Å²) < 4.78 is 0. The van der Waals surface area contributed by atoms with Gasteiger partial charge in [-0.15, -0.1) is 0 Å². The Labute approximate surface area is 141 Å². The topological polar surface area (TPSA) is 45.2 Å². The van der Waals surface area contributed by atoms with Gasteiger partial charge in [-0.25, -0.2) is 9.97 Å². The predicted molar refractivity (Wildman–Crippen MR) is 93.3 cm³/mol. The van der Waals surface area contributed by atoms with Gasteiger partial charge in [0.05, 0.1) is 0 Å². The first kappa shape index (κ1) is 14.8. The molecule has 0 radical (unpaired) electrons. The van der Waals surface area contributed by atoms with E-state index in [-0.39, 0.29) is 0 Å². The fourth-order valence-electron chi connectivity index (χ4n) is 3.13. The molecule has 0 aliphatic carbocycles. The summed E-state index contributed by atoms with van der Waals surface area (Å²) in [5.41, 5.74) is 0. The Bertz CT molecular complexity index is 617. The summed E-state index contributed by atoms with van der Waals surface area (Å²) >= 11 is 1.62. The van der Waals surface area contributed by atoms with Gasteiger partial charge in [-0.05, 0) is 49.6 Å². The van der Waals surface area contributed by atoms with Crippen LogP contribution in [-0.4, -0.2) is 41.1 Å². The Kier molecular flexibility index (Phi) is 4.33. The van der Waals surface area contributed by atoms with Gasteiger partial charge in [0, 0.05) is 38.4 Å². The Hall–Kier alpha value is -1.82. The zero-order valence-electron chi connectivity index (χ0n) is 13.2. The fourth-order valence-corrected chi connectivity index (χ4v) is 3.90. The molecule has 0 aromatic carbocycles. The van der Waals surface area contributed by atoms with E-state index in [2.05, 4.69) is 20.9 Å². The molecule has 0 bridgehead atoms. The number of rotatable bonds is 4. The van der Waals surface area contributed by atoms with Crippen LogP contribution in [0, 0.1) is 0 Å². The van der Waals surface area contributed by atoms with Crippen LogP contribution in [0.5, 0.6) is 0 Å². The highest BCUT2D eigenvalue weighted by molar-refractivity contribution is 7.99. The normalized spacial score (nSPS) is 17.9. The van der Waals surface area contributed by atoms with Crippen molar-refractivity contribution in [3.63, 3.8) is 0 Å². The van der Waals surface area contributed by atoms with Crippen LogP contribution in [0.25, 0.3) is 0 Å². The molecule has 23 heavy (non-hydrogen) atoms. The van der Waals surface area contributed by atoms with Gasteiger partial charge in [0.15, 0.2) is 0 Å². The van der Waals surface area contributed by atoms with Crippen molar-refractivity contribution in [3.05, 3.63) is 30.5 Å². The number of nitrogens with zero attached hydrogens (tertiary/aromatic N) is 5. The van der Waals surface area contributed by atoms with E-state index in [0.717, 1.165) is 48.0 Å². The fraction of sp³-hybridized carbons (Fsp3) is 0.471. The van der Waals surface area contributed by atoms with Crippen molar-refractivity contribution in [2.24, 2.45) is 0 Å². The lowest BCUT2D eigenvalue weighted by Gasteiger charge is -2.21. The molecule has 2 aliphatic rings. The molecule has 2 aliphatic heterocycles. The van der Waals surface area contributed by atoms with Gasteiger partial charge in [0.2, 0.25) is 5.95 Å². The molecule has 0 N–H and O–H groups in total. The molecule has 2 saturated heterocycles. The molecule has 0 spiro atoms. The minimum absolute atomic E-state index is 0.880. The van der Waals surface area contributed by atoms with E-state index >= 15 is 0 Å². The predicted octanol–water partition coefficient (Wildman–Crippen LogP) is 3.22. The number of aromatic nitrogens is 3. The lowest BCUT2D eigenvalue weighted by molar-refractivity contribution is 0.847. The largest absolute Gasteiger partial charge is 0.356 e. The molecule has 2 aromatic heterocycles. The third-order valence-corrected chi connectivity index (χ3v) is 5.21. The van der Waals surface area contributed by atoms with Gasteiger partial charge >= 0.3 is 0 Å². The third kappa shape index (κ3) is 3.42. The first-order chi connectivity index (χ1) is 11.4. The van der Waals surface area contributed by atoms with Crippen LogP contribution < -0.4 is 9.80 Å². The molecule has 0 amide bonds. The number of pyridine rings is 1. The molecule has 5 nitrogen and oxygen atoms in total. The maximum atomic E-state index is 4.85. The molecule has 0 atom stereocenters. The van der Waals surface area contributed by atoms with Gasteiger partial charge in [-0.1, -0.05) is 6.07 Å². The number of anilines is 2. The Balaban J connectivity index is 1.65. The van der Waals surface area contributed by atoms with E-state index in [1.54, 1.807) is 11.8 Å². The quantitative estimate of drug-likeness (QED) is 0.804. The first-order valence-electron chi connectivity index (χ1n) is 8.36. The second-order valence-electron chi connectivity index (χ2n) is 6.02. The van der Waals surface area contributed by atoms with E-state index in [1.807, 2.05) is 24.4 Å². The van der Waals surface area contributed by atoms with Crippen molar-refractivity contribution in [1.82, 2.24) is 15.0 Å². The van der Waals surface area contributed by atoms with Crippen molar-refractivity contribution in [3.8, 4) is 0 Å². The van der Waals surface area contributed by atoms with Gasteiger partial charge in [-0.3, -0.25) is 0 Å². The Morgan fingerprint density at radius 3 is 2.26 bits per heavy atom. The highest BCUT2D eigenvalue weighted by Crippen LogP contribution is 2.30. The van der Waals surface area contributed by atoms with Crippen molar-refractivity contribution in [2.45, 2.75) is 35.7 Å². The van der Waals surface area contributed by atoms with Crippen LogP contribution in [0.15, 0.2) is 40.5 Å². The molecule has 4 rings (SSSR count). The summed E-state index contributed by atoms with van der Waals surface area (Å²) in [7, 11) is 0. The van der Waals surface area contributed by atoms with Crippen molar-refractivity contribution in [1.29, 1.82) is 0 Å². The molecular weight excluding hydrogens is 306 g/mol. The average Bonchev–Trinajstić information content (AvgIpc) is 3.29. The van der Waals surface area contributed by atoms with Crippen LogP contribution in [0.2, 0.25) is 0 Å². The molecule has 4 heterocycles. The van der Waals surface area contributed by atoms with Crippen molar-refractivity contribution < 1.29 is 0 Å². The minimum Gasteiger partial charge on any atom is -0.356 e. The second kappa shape index (κ2) is 6.74. The van der Waals surface area contributed by atoms with Gasteiger partial charge < -0.3 is 9.80 Å². The van der Waals surface area contributed by atoms with E-state index in [9.17, 15) is 0 Å². The van der Waals surface area contributed by atoms with Crippen LogP contribution in [-0.2, 0) is 0 Å².